The van der Waals surface area contributed by atoms with Crippen LogP contribution in [-0.2, 0) is 6.61 Å². The molecule has 0 aliphatic heterocycles. The predicted octanol–water partition coefficient (Wildman–Crippen LogP) is 1.99. The second kappa shape index (κ2) is 4.61. The Hall–Kier alpha value is -0.810. The van der Waals surface area contributed by atoms with E-state index in [2.05, 4.69) is 4.98 Å². The summed E-state index contributed by atoms with van der Waals surface area (Å²) >= 11 is 1.71. The lowest BCUT2D eigenvalue weighted by Crippen LogP contribution is -2.01. The highest BCUT2D eigenvalue weighted by Crippen LogP contribution is 2.22. The molecule has 0 atom stereocenters. The summed E-state index contributed by atoms with van der Waals surface area (Å²) in [6.07, 6.45) is -2.71. The predicted molar refractivity (Wildman–Crippen MR) is 52.5 cm³/mol. The molecule has 0 unspecified atom stereocenters. The van der Waals surface area contributed by atoms with Gasteiger partial charge in [-0.05, 0) is 28.7 Å². The van der Waals surface area contributed by atoms with E-state index in [0.717, 1.165) is 6.07 Å². The second-order valence-corrected chi connectivity index (χ2v) is 3.46. The van der Waals surface area contributed by atoms with E-state index < -0.39 is 12.1 Å². The molecule has 14 heavy (non-hydrogen) atoms. The molecule has 0 aliphatic carbocycles. The van der Waals surface area contributed by atoms with Gasteiger partial charge in [0.05, 0.1) is 18.2 Å². The minimum Gasteiger partial charge on any atom is -0.392 e. The minimum atomic E-state index is -2.71. The van der Waals surface area contributed by atoms with E-state index in [1.54, 1.807) is 28.7 Å². The van der Waals surface area contributed by atoms with Gasteiger partial charge in [-0.15, -0.1) is 0 Å². The fraction of sp³-hybridized carbons (Fsp3) is 0.250. The Labute approximate surface area is 92.5 Å². The number of hydrogen-bond donors (Lipinski definition) is 1. The van der Waals surface area contributed by atoms with Crippen molar-refractivity contribution in [1.82, 2.24) is 4.98 Å². The first-order valence-electron chi connectivity index (χ1n) is 3.58. The summed E-state index contributed by atoms with van der Waals surface area (Å²) in [5.74, 6) is 0. The number of hydrogen-bond acceptors (Lipinski definition) is 3. The fourth-order valence-corrected chi connectivity index (χ4v) is 1.66. The van der Waals surface area contributed by atoms with Crippen LogP contribution in [0.1, 0.15) is 23.2 Å². The van der Waals surface area contributed by atoms with E-state index in [9.17, 15) is 8.78 Å². The molecule has 0 aliphatic rings. The third-order valence-corrected chi connectivity index (χ3v) is 2.49. The van der Waals surface area contributed by atoms with Crippen molar-refractivity contribution in [2.24, 2.45) is 0 Å². The average molecular weight is 310 g/mol. The van der Waals surface area contributed by atoms with Crippen LogP contribution in [0.15, 0.2) is 6.07 Å². The van der Waals surface area contributed by atoms with Gasteiger partial charge in [-0.25, -0.2) is 13.8 Å². The molecule has 1 N–H and O–H groups in total. The number of halogens is 3. The van der Waals surface area contributed by atoms with Gasteiger partial charge in [-0.2, -0.15) is 5.26 Å². The summed E-state index contributed by atoms with van der Waals surface area (Å²) < 4.78 is 24.8. The zero-order valence-electron chi connectivity index (χ0n) is 6.84. The van der Waals surface area contributed by atoms with Gasteiger partial charge in [0.1, 0.15) is 9.39 Å². The first-order chi connectivity index (χ1) is 6.60. The maximum absolute atomic E-state index is 12.3. The van der Waals surface area contributed by atoms with Crippen molar-refractivity contribution in [3.05, 3.63) is 26.6 Å². The zero-order chi connectivity index (χ0) is 10.7. The molecule has 1 aromatic heterocycles. The van der Waals surface area contributed by atoms with Crippen molar-refractivity contribution < 1.29 is 13.9 Å². The molecule has 0 spiro atoms. The number of pyridine rings is 1. The third kappa shape index (κ3) is 2.16. The van der Waals surface area contributed by atoms with Crippen LogP contribution in [0.5, 0.6) is 0 Å². The van der Waals surface area contributed by atoms with Crippen LogP contribution >= 0.6 is 22.6 Å². The normalized spacial score (nSPS) is 10.3. The van der Waals surface area contributed by atoms with Crippen LogP contribution in [0.25, 0.3) is 0 Å². The standard InChI is InChI=1S/C8H5F2IN2O/c9-7(10)6-1-4(2-12)5(3-14)8(11)13-6/h1,7,14H,3H2. The maximum Gasteiger partial charge on any atom is 0.280 e. The van der Waals surface area contributed by atoms with Gasteiger partial charge in [0.2, 0.25) is 0 Å². The van der Waals surface area contributed by atoms with Crippen molar-refractivity contribution in [1.29, 1.82) is 5.26 Å². The fourth-order valence-electron chi connectivity index (χ4n) is 0.921. The number of nitriles is 1. The Balaban J connectivity index is 3.33. The molecule has 1 aromatic rings. The van der Waals surface area contributed by atoms with Gasteiger partial charge in [0.25, 0.3) is 6.43 Å². The van der Waals surface area contributed by atoms with Crippen LogP contribution in [0.2, 0.25) is 0 Å². The number of alkyl halides is 2. The van der Waals surface area contributed by atoms with Crippen LogP contribution in [0.3, 0.4) is 0 Å². The summed E-state index contributed by atoms with van der Waals surface area (Å²) in [7, 11) is 0. The van der Waals surface area contributed by atoms with Crippen molar-refractivity contribution >= 4 is 22.6 Å². The number of aromatic nitrogens is 1. The molecule has 0 amide bonds. The highest BCUT2D eigenvalue weighted by molar-refractivity contribution is 14.1. The summed E-state index contributed by atoms with van der Waals surface area (Å²) in [6, 6.07) is 2.74. The van der Waals surface area contributed by atoms with Gasteiger partial charge < -0.3 is 5.11 Å². The van der Waals surface area contributed by atoms with Crippen LogP contribution in [0, 0.1) is 15.0 Å². The Morgan fingerprint density at radius 3 is 2.71 bits per heavy atom. The first-order valence-corrected chi connectivity index (χ1v) is 4.66. The van der Waals surface area contributed by atoms with Gasteiger partial charge in [-0.3, -0.25) is 0 Å². The van der Waals surface area contributed by atoms with Gasteiger partial charge in [-0.1, -0.05) is 0 Å². The lowest BCUT2D eigenvalue weighted by molar-refractivity contribution is 0.145. The molecule has 1 heterocycles. The molecule has 0 radical (unpaired) electrons. The monoisotopic (exact) mass is 310 g/mol. The van der Waals surface area contributed by atoms with Crippen molar-refractivity contribution in [2.45, 2.75) is 13.0 Å². The minimum absolute atomic E-state index is 0.0437. The van der Waals surface area contributed by atoms with Gasteiger partial charge in [0.15, 0.2) is 0 Å². The van der Waals surface area contributed by atoms with Gasteiger partial charge >= 0.3 is 0 Å². The average Bonchev–Trinajstić information content (AvgIpc) is 2.16. The quantitative estimate of drug-likeness (QED) is 0.671. The van der Waals surface area contributed by atoms with E-state index in [4.69, 9.17) is 10.4 Å². The number of nitrogens with zero attached hydrogens (tertiary/aromatic N) is 2. The summed E-state index contributed by atoms with van der Waals surface area (Å²) in [5.41, 5.74) is -0.108. The lowest BCUT2D eigenvalue weighted by atomic mass is 10.1. The van der Waals surface area contributed by atoms with Crippen molar-refractivity contribution in [3.8, 4) is 6.07 Å². The lowest BCUT2D eigenvalue weighted by Gasteiger charge is -2.05. The summed E-state index contributed by atoms with van der Waals surface area (Å²) in [6.45, 7) is -0.377. The maximum atomic E-state index is 12.3. The highest BCUT2D eigenvalue weighted by Gasteiger charge is 2.15. The van der Waals surface area contributed by atoms with Crippen LogP contribution in [-0.4, -0.2) is 10.1 Å². The number of aliphatic hydroxyl groups is 1. The van der Waals surface area contributed by atoms with E-state index in [1.807, 2.05) is 0 Å². The molecule has 74 valence electrons. The van der Waals surface area contributed by atoms with Gasteiger partial charge in [0, 0.05) is 5.56 Å². The molecule has 0 bridgehead atoms. The highest BCUT2D eigenvalue weighted by atomic mass is 127. The third-order valence-electron chi connectivity index (χ3n) is 1.60. The molecule has 0 saturated carbocycles. The zero-order valence-corrected chi connectivity index (χ0v) is 8.99. The largest absolute Gasteiger partial charge is 0.392 e. The molecule has 0 saturated heterocycles. The molecule has 6 heteroatoms. The van der Waals surface area contributed by atoms with Crippen molar-refractivity contribution in [3.63, 3.8) is 0 Å². The van der Waals surface area contributed by atoms with E-state index in [-0.39, 0.29) is 21.4 Å². The molecule has 1 rings (SSSR count). The topological polar surface area (TPSA) is 56.9 Å². The smallest absolute Gasteiger partial charge is 0.280 e. The van der Waals surface area contributed by atoms with Crippen molar-refractivity contribution in [2.75, 3.05) is 0 Å². The Morgan fingerprint density at radius 2 is 2.29 bits per heavy atom. The van der Waals surface area contributed by atoms with E-state index >= 15 is 0 Å². The molecule has 3 nitrogen and oxygen atoms in total. The Kier molecular flexibility index (Phi) is 3.71. The molecule has 0 fully saturated rings. The summed E-state index contributed by atoms with van der Waals surface area (Å²) in [5, 5.41) is 17.5. The number of rotatable bonds is 2. The summed E-state index contributed by atoms with van der Waals surface area (Å²) in [4.78, 5) is 3.58. The van der Waals surface area contributed by atoms with Crippen LogP contribution in [0.4, 0.5) is 8.78 Å². The Bertz CT molecular complexity index is 390. The number of aliphatic hydroxyl groups excluding tert-OH is 1. The SMILES string of the molecule is N#Cc1cc(C(F)F)nc(I)c1CO. The van der Waals surface area contributed by atoms with Crippen LogP contribution < -0.4 is 0 Å². The second-order valence-electron chi connectivity index (χ2n) is 2.43. The molecule has 0 aromatic carbocycles. The van der Waals surface area contributed by atoms with E-state index in [1.165, 1.54) is 0 Å². The Morgan fingerprint density at radius 1 is 1.64 bits per heavy atom. The molecular formula is C8H5F2IN2O. The molecular weight excluding hydrogens is 305 g/mol. The van der Waals surface area contributed by atoms with E-state index in [0.29, 0.717) is 0 Å². The first kappa shape index (κ1) is 11.3.